The first-order chi connectivity index (χ1) is 17.5. The Morgan fingerprint density at radius 2 is 1.78 bits per heavy atom. The van der Waals surface area contributed by atoms with Gasteiger partial charge in [-0.3, -0.25) is 4.79 Å². The molecule has 2 aliphatic rings. The number of likely N-dealkylation sites (tertiary alicyclic amines) is 2. The van der Waals surface area contributed by atoms with Gasteiger partial charge >= 0.3 is 0 Å². The van der Waals surface area contributed by atoms with Crippen molar-refractivity contribution in [3.8, 4) is 16.9 Å². The van der Waals surface area contributed by atoms with Crippen LogP contribution in [-0.2, 0) is 6.61 Å². The largest absolute Gasteiger partial charge is 0.485 e. The number of amides is 1. The Morgan fingerprint density at radius 1 is 1.00 bits per heavy atom. The number of nitrogen functional groups attached to an aromatic ring is 1. The van der Waals surface area contributed by atoms with Gasteiger partial charge in [0.15, 0.2) is 11.6 Å². The Bertz CT molecular complexity index is 1230. The number of aromatic nitrogens is 1. The molecule has 2 aliphatic heterocycles. The number of nitrogens with two attached hydrogens (primary N) is 1. The molecule has 0 spiro atoms. The van der Waals surface area contributed by atoms with Crippen LogP contribution in [0.25, 0.3) is 11.1 Å². The number of nitrogens with zero attached hydrogens (tertiary/aromatic N) is 3. The molecule has 36 heavy (non-hydrogen) atoms. The Kier molecular flexibility index (Phi) is 7.65. The first-order valence-corrected chi connectivity index (χ1v) is 13.2. The van der Waals surface area contributed by atoms with Gasteiger partial charge in [-0.2, -0.15) is 0 Å². The number of rotatable bonds is 7. The predicted octanol–water partition coefficient (Wildman–Crippen LogP) is 5.92. The van der Waals surface area contributed by atoms with Gasteiger partial charge in [0.2, 0.25) is 0 Å². The molecule has 188 valence electrons. The van der Waals surface area contributed by atoms with E-state index >= 15 is 0 Å². The number of ether oxygens (including phenoxy) is 1. The molecule has 2 fully saturated rings. The SMILES string of the molecule is Nc1ncc(-c2ccc(C(=O)N3CCC[C@@H]3CN3CCCC3)cc2)cc1OCc1ccc(Cl)cc1Cl. The summed E-state index contributed by atoms with van der Waals surface area (Å²) < 4.78 is 5.92. The van der Waals surface area contributed by atoms with Crippen LogP contribution in [0.3, 0.4) is 0 Å². The normalized spacial score (nSPS) is 18.1. The van der Waals surface area contributed by atoms with Crippen molar-refractivity contribution in [3.63, 3.8) is 0 Å². The molecule has 0 radical (unpaired) electrons. The topological polar surface area (TPSA) is 71.7 Å². The summed E-state index contributed by atoms with van der Waals surface area (Å²) in [5.74, 6) is 0.886. The highest BCUT2D eigenvalue weighted by Crippen LogP contribution is 2.30. The van der Waals surface area contributed by atoms with Gasteiger partial charge in [-0.05, 0) is 74.7 Å². The summed E-state index contributed by atoms with van der Waals surface area (Å²) in [5.41, 5.74) is 9.36. The summed E-state index contributed by atoms with van der Waals surface area (Å²) in [7, 11) is 0. The lowest BCUT2D eigenvalue weighted by Gasteiger charge is -2.28. The standard InChI is InChI=1S/C28H30Cl2N4O2/c29-23-10-9-21(25(30)15-23)18-36-26-14-22(16-32-27(26)31)19-5-7-20(8-6-19)28(35)34-13-3-4-24(34)17-33-11-1-2-12-33/h5-10,14-16,24H,1-4,11-13,17-18H2,(H2,31,32)/t24-/m1/s1. The maximum Gasteiger partial charge on any atom is 0.254 e. The second-order valence-corrected chi connectivity index (χ2v) is 10.4. The molecule has 5 rings (SSSR count). The smallest absolute Gasteiger partial charge is 0.254 e. The van der Waals surface area contributed by atoms with Crippen LogP contribution in [0.15, 0.2) is 54.7 Å². The van der Waals surface area contributed by atoms with Gasteiger partial charge in [0.05, 0.1) is 0 Å². The number of carbonyl (C=O) groups is 1. The van der Waals surface area contributed by atoms with Gasteiger partial charge in [-0.15, -0.1) is 0 Å². The summed E-state index contributed by atoms with van der Waals surface area (Å²) in [4.78, 5) is 22.1. The summed E-state index contributed by atoms with van der Waals surface area (Å²) in [6, 6.07) is 15.1. The zero-order valence-corrected chi connectivity index (χ0v) is 21.6. The van der Waals surface area contributed by atoms with Gasteiger partial charge in [-0.25, -0.2) is 4.98 Å². The first kappa shape index (κ1) is 24.9. The highest BCUT2D eigenvalue weighted by Gasteiger charge is 2.31. The summed E-state index contributed by atoms with van der Waals surface area (Å²) in [5, 5.41) is 1.10. The van der Waals surface area contributed by atoms with Crippen molar-refractivity contribution in [3.05, 3.63) is 75.9 Å². The minimum absolute atomic E-state index is 0.113. The molecule has 1 amide bonds. The molecular weight excluding hydrogens is 495 g/mol. The Labute approximate surface area is 222 Å². The Balaban J connectivity index is 1.27. The molecule has 3 aromatic rings. The highest BCUT2D eigenvalue weighted by atomic mass is 35.5. The van der Waals surface area contributed by atoms with Crippen LogP contribution in [0.4, 0.5) is 5.82 Å². The minimum Gasteiger partial charge on any atom is -0.485 e. The van der Waals surface area contributed by atoms with Crippen LogP contribution in [0, 0.1) is 0 Å². The van der Waals surface area contributed by atoms with E-state index in [4.69, 9.17) is 33.7 Å². The van der Waals surface area contributed by atoms with E-state index < -0.39 is 0 Å². The average molecular weight is 525 g/mol. The maximum absolute atomic E-state index is 13.3. The lowest BCUT2D eigenvalue weighted by atomic mass is 10.0. The molecule has 0 aliphatic carbocycles. The second kappa shape index (κ2) is 11.1. The summed E-state index contributed by atoms with van der Waals surface area (Å²) in [6.07, 6.45) is 6.40. The summed E-state index contributed by atoms with van der Waals surface area (Å²) >= 11 is 12.2. The maximum atomic E-state index is 13.3. The average Bonchev–Trinajstić information content (AvgIpc) is 3.57. The second-order valence-electron chi connectivity index (χ2n) is 9.51. The molecule has 1 atom stereocenters. The van der Waals surface area contributed by atoms with E-state index in [2.05, 4.69) is 14.8 Å². The van der Waals surface area contributed by atoms with Crippen molar-refractivity contribution in [2.24, 2.45) is 0 Å². The molecule has 6 nitrogen and oxygen atoms in total. The number of carbonyl (C=O) groups excluding carboxylic acids is 1. The van der Waals surface area contributed by atoms with Crippen molar-refractivity contribution >= 4 is 34.9 Å². The molecule has 3 heterocycles. The van der Waals surface area contributed by atoms with Crippen molar-refractivity contribution in [2.45, 2.75) is 38.3 Å². The van der Waals surface area contributed by atoms with Crippen LogP contribution < -0.4 is 10.5 Å². The van der Waals surface area contributed by atoms with Crippen LogP contribution in [0.1, 0.15) is 41.6 Å². The van der Waals surface area contributed by atoms with Gasteiger partial charge in [0.1, 0.15) is 6.61 Å². The van der Waals surface area contributed by atoms with Crippen molar-refractivity contribution in [2.75, 3.05) is 31.9 Å². The van der Waals surface area contributed by atoms with Gasteiger partial charge in [0, 0.05) is 52.1 Å². The number of hydrogen-bond donors (Lipinski definition) is 1. The monoisotopic (exact) mass is 524 g/mol. The lowest BCUT2D eigenvalue weighted by Crippen LogP contribution is -2.42. The van der Waals surface area contributed by atoms with E-state index in [1.807, 2.05) is 36.4 Å². The fourth-order valence-electron chi connectivity index (χ4n) is 5.05. The molecule has 0 saturated carbocycles. The van der Waals surface area contributed by atoms with E-state index in [1.165, 1.54) is 12.8 Å². The molecule has 8 heteroatoms. The number of anilines is 1. The molecule has 2 N–H and O–H groups in total. The van der Waals surface area contributed by atoms with Crippen LogP contribution >= 0.6 is 23.2 Å². The van der Waals surface area contributed by atoms with Crippen LogP contribution in [-0.4, -0.2) is 52.9 Å². The molecule has 1 aromatic heterocycles. The molecule has 2 aromatic carbocycles. The number of halogens is 2. The van der Waals surface area contributed by atoms with E-state index in [0.29, 0.717) is 33.2 Å². The van der Waals surface area contributed by atoms with Gasteiger partial charge in [-0.1, -0.05) is 41.4 Å². The molecule has 0 unspecified atom stereocenters. The van der Waals surface area contributed by atoms with Crippen LogP contribution in [0.2, 0.25) is 10.0 Å². The highest BCUT2D eigenvalue weighted by molar-refractivity contribution is 6.35. The van der Waals surface area contributed by atoms with E-state index in [9.17, 15) is 4.79 Å². The van der Waals surface area contributed by atoms with Gasteiger partial charge in [0.25, 0.3) is 5.91 Å². The van der Waals surface area contributed by atoms with Crippen molar-refractivity contribution < 1.29 is 9.53 Å². The zero-order valence-electron chi connectivity index (χ0n) is 20.1. The fraction of sp³-hybridized carbons (Fsp3) is 0.357. The quantitative estimate of drug-likeness (QED) is 0.415. The predicted molar refractivity (Wildman–Crippen MR) is 145 cm³/mol. The van der Waals surface area contributed by atoms with E-state index in [0.717, 1.165) is 55.7 Å². The number of hydrogen-bond acceptors (Lipinski definition) is 5. The fourth-order valence-corrected chi connectivity index (χ4v) is 5.51. The lowest BCUT2D eigenvalue weighted by molar-refractivity contribution is 0.0709. The third-order valence-corrected chi connectivity index (χ3v) is 7.64. The molecular formula is C28H30Cl2N4O2. The van der Waals surface area contributed by atoms with Crippen molar-refractivity contribution in [1.29, 1.82) is 0 Å². The minimum atomic E-state index is 0.113. The first-order valence-electron chi connectivity index (χ1n) is 12.4. The van der Waals surface area contributed by atoms with Gasteiger partial charge < -0.3 is 20.3 Å². The third-order valence-electron chi connectivity index (χ3n) is 7.05. The molecule has 0 bridgehead atoms. The third kappa shape index (κ3) is 5.61. The van der Waals surface area contributed by atoms with E-state index in [-0.39, 0.29) is 12.5 Å². The van der Waals surface area contributed by atoms with Crippen LogP contribution in [0.5, 0.6) is 5.75 Å². The zero-order chi connectivity index (χ0) is 25.1. The Morgan fingerprint density at radius 3 is 2.53 bits per heavy atom. The van der Waals surface area contributed by atoms with E-state index in [1.54, 1.807) is 18.3 Å². The summed E-state index contributed by atoms with van der Waals surface area (Å²) in [6.45, 7) is 4.38. The Hall–Kier alpha value is -2.80. The van der Waals surface area contributed by atoms with Crippen molar-refractivity contribution in [1.82, 2.24) is 14.8 Å². The molecule has 2 saturated heterocycles. The number of benzene rings is 2. The number of pyridine rings is 1.